The van der Waals surface area contributed by atoms with Crippen LogP contribution in [0.2, 0.25) is 0 Å². The third-order valence-electron chi connectivity index (χ3n) is 4.22. The minimum atomic E-state index is -7.87. The van der Waals surface area contributed by atoms with Crippen LogP contribution in [0.1, 0.15) is 27.2 Å². The molecule has 168 valence electrons. The molecule has 0 aliphatic carbocycles. The first-order valence-electron chi connectivity index (χ1n) is 7.62. The van der Waals surface area contributed by atoms with Crippen molar-refractivity contribution in [2.75, 3.05) is 0 Å². The van der Waals surface area contributed by atoms with Gasteiger partial charge in [0, 0.05) is 5.92 Å². The monoisotopic (exact) mass is 444 g/mol. The predicted molar refractivity (Wildman–Crippen MR) is 73.1 cm³/mol. The summed E-state index contributed by atoms with van der Waals surface area (Å²) in [5.41, 5.74) is 0. The van der Waals surface area contributed by atoms with E-state index in [4.69, 9.17) is 0 Å². The zero-order chi connectivity index (χ0) is 23.1. The van der Waals surface area contributed by atoms with Crippen molar-refractivity contribution in [1.82, 2.24) is 0 Å². The van der Waals surface area contributed by atoms with E-state index in [1.165, 1.54) is 13.8 Å². The smallest absolute Gasteiger partial charge is 0.199 e. The fourth-order valence-corrected chi connectivity index (χ4v) is 2.39. The molecule has 2 unspecified atom stereocenters. The van der Waals surface area contributed by atoms with Gasteiger partial charge in [-0.1, -0.05) is 26.8 Å². The molecular weight excluding hydrogens is 427 g/mol. The summed E-state index contributed by atoms with van der Waals surface area (Å²) in [4.78, 5) is 0. The van der Waals surface area contributed by atoms with Gasteiger partial charge in [0.2, 0.25) is 0 Å². The highest BCUT2D eigenvalue weighted by Crippen LogP contribution is 2.61. The van der Waals surface area contributed by atoms with E-state index < -0.39 is 53.5 Å². The first kappa shape index (κ1) is 26.8. The van der Waals surface area contributed by atoms with Crippen LogP contribution in [-0.2, 0) is 0 Å². The Hall–Kier alpha value is -1.17. The van der Waals surface area contributed by atoms with Gasteiger partial charge in [-0.25, -0.2) is 0 Å². The van der Waals surface area contributed by atoms with Crippen molar-refractivity contribution in [3.63, 3.8) is 0 Å². The zero-order valence-corrected chi connectivity index (χ0v) is 14.6. The summed E-state index contributed by atoms with van der Waals surface area (Å²) in [5, 5.41) is 0. The van der Waals surface area contributed by atoms with Gasteiger partial charge in [0.25, 0.3) is 0 Å². The predicted octanol–water partition coefficient (Wildman–Crippen LogP) is 7.21. The quantitative estimate of drug-likeness (QED) is 0.260. The van der Waals surface area contributed by atoms with E-state index in [1.807, 2.05) is 0 Å². The van der Waals surface area contributed by atoms with Crippen LogP contribution < -0.4 is 0 Å². The summed E-state index contributed by atoms with van der Waals surface area (Å²) in [6.45, 7) is 6.10. The van der Waals surface area contributed by atoms with Crippen molar-refractivity contribution in [3.05, 3.63) is 12.7 Å². The van der Waals surface area contributed by atoms with E-state index in [9.17, 15) is 57.1 Å². The molecule has 13 heteroatoms. The number of hydrogen-bond donors (Lipinski definition) is 0. The van der Waals surface area contributed by atoms with Crippen molar-refractivity contribution in [2.24, 2.45) is 17.8 Å². The topological polar surface area (TPSA) is 0 Å². The van der Waals surface area contributed by atoms with Gasteiger partial charge in [-0.15, -0.1) is 6.58 Å². The first-order valence-corrected chi connectivity index (χ1v) is 7.62. The number of alkyl halides is 13. The molecule has 0 aromatic rings. The maximum atomic E-state index is 14.1. The molecule has 0 bridgehead atoms. The number of allylic oxidation sites excluding steroid dienone is 1. The summed E-state index contributed by atoms with van der Waals surface area (Å²) in [6, 6.07) is 0. The van der Waals surface area contributed by atoms with E-state index in [-0.39, 0.29) is 13.3 Å². The van der Waals surface area contributed by atoms with Gasteiger partial charge in [0.15, 0.2) is 0 Å². The van der Waals surface area contributed by atoms with Gasteiger partial charge < -0.3 is 0 Å². The highest BCUT2D eigenvalue weighted by Gasteiger charge is 2.91. The molecule has 0 N–H and O–H groups in total. The fourth-order valence-electron chi connectivity index (χ4n) is 2.39. The SMILES string of the molecule is C=CC(CC(C)C)C(C)C(F)(F)C(F)(F)C(F)(F)C(F)(F)C(F)(F)C(F)(F)F. The Kier molecular flexibility index (Phi) is 7.27. The molecule has 0 rings (SSSR count). The average Bonchev–Trinajstić information content (AvgIpc) is 2.49. The molecule has 0 aromatic heterocycles. The van der Waals surface area contributed by atoms with Crippen LogP contribution in [0.15, 0.2) is 12.7 Å². The van der Waals surface area contributed by atoms with Crippen LogP contribution in [0.4, 0.5) is 57.1 Å². The van der Waals surface area contributed by atoms with Crippen molar-refractivity contribution >= 4 is 0 Å². The highest BCUT2D eigenvalue weighted by atomic mass is 19.4. The summed E-state index contributed by atoms with van der Waals surface area (Å²) >= 11 is 0. The minimum Gasteiger partial charge on any atom is -0.199 e. The van der Waals surface area contributed by atoms with Crippen LogP contribution in [0, 0.1) is 17.8 Å². The second-order valence-electron chi connectivity index (χ2n) is 6.74. The standard InChI is InChI=1S/C15H17F13/c1-5-9(6-7(2)3)8(4)10(16,17)11(18,19)12(20,21)13(22,23)14(24,25)15(26,27)28/h5,7-9H,1,6H2,2-4H3. The van der Waals surface area contributed by atoms with Crippen molar-refractivity contribution in [1.29, 1.82) is 0 Å². The molecule has 0 radical (unpaired) electrons. The van der Waals surface area contributed by atoms with Crippen LogP contribution >= 0.6 is 0 Å². The molecule has 0 amide bonds. The summed E-state index contributed by atoms with van der Waals surface area (Å²) in [5.74, 6) is -41.6. The van der Waals surface area contributed by atoms with E-state index in [1.54, 1.807) is 0 Å². The van der Waals surface area contributed by atoms with E-state index >= 15 is 0 Å². The summed E-state index contributed by atoms with van der Waals surface area (Å²) in [7, 11) is 0. The lowest BCUT2D eigenvalue weighted by Crippen LogP contribution is -2.71. The van der Waals surface area contributed by atoms with E-state index in [2.05, 4.69) is 6.58 Å². The molecular formula is C15H17F13. The van der Waals surface area contributed by atoms with Gasteiger partial charge in [-0.2, -0.15) is 57.1 Å². The molecule has 2 atom stereocenters. The van der Waals surface area contributed by atoms with Crippen LogP contribution in [0.25, 0.3) is 0 Å². The Morgan fingerprint density at radius 1 is 0.643 bits per heavy atom. The van der Waals surface area contributed by atoms with Gasteiger partial charge in [-0.05, 0) is 18.3 Å². The number of hydrogen-bond acceptors (Lipinski definition) is 0. The Morgan fingerprint density at radius 2 is 1.00 bits per heavy atom. The first-order chi connectivity index (χ1) is 12.0. The van der Waals surface area contributed by atoms with Crippen LogP contribution in [-0.4, -0.2) is 35.8 Å². The minimum absolute atomic E-state index is 0.249. The van der Waals surface area contributed by atoms with Gasteiger partial charge in [0.05, 0.1) is 0 Å². The maximum Gasteiger partial charge on any atom is 0.460 e. The average molecular weight is 444 g/mol. The van der Waals surface area contributed by atoms with Gasteiger partial charge >= 0.3 is 35.8 Å². The number of rotatable bonds is 9. The molecule has 0 spiro atoms. The lowest BCUT2D eigenvalue weighted by atomic mass is 9.78. The number of halogens is 13. The third-order valence-corrected chi connectivity index (χ3v) is 4.22. The summed E-state index contributed by atoms with van der Waals surface area (Å²) < 4.78 is 171. The zero-order valence-electron chi connectivity index (χ0n) is 14.6. The lowest BCUT2D eigenvalue weighted by molar-refractivity contribution is -0.443. The van der Waals surface area contributed by atoms with Crippen molar-refractivity contribution in [2.45, 2.75) is 63.0 Å². The van der Waals surface area contributed by atoms with Gasteiger partial charge in [-0.3, -0.25) is 0 Å². The Labute approximate surface area is 151 Å². The third kappa shape index (κ3) is 3.94. The normalized spacial score (nSPS) is 17.6. The molecule has 28 heavy (non-hydrogen) atoms. The molecule has 0 saturated heterocycles. The second-order valence-corrected chi connectivity index (χ2v) is 6.74. The highest BCUT2D eigenvalue weighted by molar-refractivity contribution is 5.12. The van der Waals surface area contributed by atoms with Crippen LogP contribution in [0.3, 0.4) is 0 Å². The van der Waals surface area contributed by atoms with Gasteiger partial charge in [0.1, 0.15) is 0 Å². The molecule has 0 aliphatic rings. The Morgan fingerprint density at radius 3 is 1.29 bits per heavy atom. The molecule has 0 saturated carbocycles. The molecule has 0 nitrogen and oxygen atoms in total. The van der Waals surface area contributed by atoms with Crippen molar-refractivity contribution < 1.29 is 57.1 Å². The van der Waals surface area contributed by atoms with Crippen LogP contribution in [0.5, 0.6) is 0 Å². The molecule has 0 aromatic carbocycles. The molecule has 0 aliphatic heterocycles. The molecule has 0 heterocycles. The largest absolute Gasteiger partial charge is 0.460 e. The maximum absolute atomic E-state index is 14.1. The van der Waals surface area contributed by atoms with Crippen molar-refractivity contribution in [3.8, 4) is 0 Å². The van der Waals surface area contributed by atoms with E-state index in [0.29, 0.717) is 6.08 Å². The summed E-state index contributed by atoms with van der Waals surface area (Å²) in [6.07, 6.45) is -7.11. The fraction of sp³-hybridized carbons (Fsp3) is 0.867. The Bertz CT molecular complexity index is 545. The molecule has 0 fully saturated rings. The van der Waals surface area contributed by atoms with E-state index in [0.717, 1.165) is 0 Å². The second kappa shape index (κ2) is 7.58. The Balaban J connectivity index is 6.35. The lowest BCUT2D eigenvalue weighted by Gasteiger charge is -2.42.